The Kier molecular flexibility index (Phi) is 7.30. The molecule has 1 heterocycles. The zero-order valence-electron chi connectivity index (χ0n) is 13.3. The summed E-state index contributed by atoms with van der Waals surface area (Å²) in [5, 5.41) is 0. The Morgan fingerprint density at radius 2 is 2.14 bits per heavy atom. The second-order valence-corrected chi connectivity index (χ2v) is 5.28. The van der Waals surface area contributed by atoms with E-state index in [0.717, 1.165) is 37.1 Å². The molecule has 0 amide bonds. The molecule has 0 radical (unpaired) electrons. The first-order chi connectivity index (χ1) is 10.1. The van der Waals surface area contributed by atoms with E-state index in [4.69, 9.17) is 5.73 Å². The summed E-state index contributed by atoms with van der Waals surface area (Å²) in [6, 6.07) is 4.17. The Morgan fingerprint density at radius 3 is 2.71 bits per heavy atom. The average Bonchev–Trinajstić information content (AvgIpc) is 2.84. The van der Waals surface area contributed by atoms with Crippen LogP contribution in [0.25, 0.3) is 5.57 Å². The van der Waals surface area contributed by atoms with E-state index in [9.17, 15) is 0 Å². The fourth-order valence-electron chi connectivity index (χ4n) is 2.30. The lowest BCUT2D eigenvalue weighted by atomic mass is 10.0. The van der Waals surface area contributed by atoms with Gasteiger partial charge in [0.25, 0.3) is 0 Å². The molecule has 0 atom stereocenters. The fourth-order valence-corrected chi connectivity index (χ4v) is 2.30. The van der Waals surface area contributed by atoms with Gasteiger partial charge < -0.3 is 10.3 Å². The van der Waals surface area contributed by atoms with Gasteiger partial charge >= 0.3 is 0 Å². The molecule has 114 valence electrons. The van der Waals surface area contributed by atoms with Gasteiger partial charge in [-0.15, -0.1) is 0 Å². The molecule has 0 fully saturated rings. The molecule has 0 saturated carbocycles. The van der Waals surface area contributed by atoms with Crippen molar-refractivity contribution in [2.24, 2.45) is 17.8 Å². The maximum atomic E-state index is 5.57. The number of hydrogen-bond donors (Lipinski definition) is 1. The van der Waals surface area contributed by atoms with Crippen LogP contribution in [0.1, 0.15) is 44.7 Å². The van der Waals surface area contributed by atoms with Gasteiger partial charge in [0.1, 0.15) is 0 Å². The number of allylic oxidation sites excluding steroid dienone is 3. The van der Waals surface area contributed by atoms with Gasteiger partial charge in [0.2, 0.25) is 0 Å². The number of aliphatic imine (C=N–C) groups is 1. The van der Waals surface area contributed by atoms with Gasteiger partial charge in [0.05, 0.1) is 0 Å². The first kappa shape index (κ1) is 17.0. The van der Waals surface area contributed by atoms with Crippen molar-refractivity contribution in [3.63, 3.8) is 0 Å². The molecule has 2 N–H and O–H groups in total. The second kappa shape index (κ2) is 9.01. The predicted octanol–water partition coefficient (Wildman–Crippen LogP) is 4.44. The molecule has 1 aromatic heterocycles. The highest BCUT2D eigenvalue weighted by Gasteiger charge is 2.07. The highest BCUT2D eigenvalue weighted by molar-refractivity contribution is 6.22. The molecular weight excluding hydrogens is 258 g/mol. The van der Waals surface area contributed by atoms with Gasteiger partial charge in [0, 0.05) is 42.1 Å². The van der Waals surface area contributed by atoms with Crippen molar-refractivity contribution in [2.75, 3.05) is 0 Å². The fraction of sp³-hybridized carbons (Fsp3) is 0.389. The lowest BCUT2D eigenvalue weighted by molar-refractivity contribution is 0.682. The number of hydrogen-bond acceptors (Lipinski definition) is 2. The molecule has 3 nitrogen and oxygen atoms in total. The summed E-state index contributed by atoms with van der Waals surface area (Å²) >= 11 is 0. The Hall–Kier alpha value is -2.03. The van der Waals surface area contributed by atoms with E-state index >= 15 is 0 Å². The van der Waals surface area contributed by atoms with E-state index in [2.05, 4.69) is 54.2 Å². The van der Waals surface area contributed by atoms with Gasteiger partial charge in [-0.05, 0) is 44.7 Å². The van der Waals surface area contributed by atoms with Gasteiger partial charge in [-0.25, -0.2) is 0 Å². The number of rotatable bonds is 9. The standard InChI is InChI=1S/C18H27N3/c1-5-20-16(3)17(18-13-10-14-21(18)4)12-9-7-6-8-11-15(2)19/h5,10,12-14H,1-2,6-9,11,19H2,3-4H3/b17-12-,20-16?. The van der Waals surface area contributed by atoms with E-state index < -0.39 is 0 Å². The van der Waals surface area contributed by atoms with Crippen LogP contribution in [0.3, 0.4) is 0 Å². The van der Waals surface area contributed by atoms with Crippen molar-refractivity contribution in [1.82, 2.24) is 4.57 Å². The topological polar surface area (TPSA) is 43.3 Å². The van der Waals surface area contributed by atoms with Crippen LogP contribution < -0.4 is 5.73 Å². The molecule has 21 heavy (non-hydrogen) atoms. The summed E-state index contributed by atoms with van der Waals surface area (Å²) in [5.41, 5.74) is 9.73. The Morgan fingerprint density at radius 1 is 1.38 bits per heavy atom. The van der Waals surface area contributed by atoms with E-state index in [0.29, 0.717) is 0 Å². The first-order valence-corrected chi connectivity index (χ1v) is 7.47. The van der Waals surface area contributed by atoms with Gasteiger partial charge in [0.15, 0.2) is 0 Å². The third kappa shape index (κ3) is 5.86. The Labute approximate surface area is 128 Å². The van der Waals surface area contributed by atoms with Gasteiger partial charge in [-0.3, -0.25) is 4.99 Å². The second-order valence-electron chi connectivity index (χ2n) is 5.28. The van der Waals surface area contributed by atoms with Crippen molar-refractivity contribution < 1.29 is 0 Å². The van der Waals surface area contributed by atoms with Crippen LogP contribution >= 0.6 is 0 Å². The van der Waals surface area contributed by atoms with E-state index in [1.54, 1.807) is 6.20 Å². The number of nitrogens with two attached hydrogens (primary N) is 1. The number of aromatic nitrogens is 1. The lowest BCUT2D eigenvalue weighted by Gasteiger charge is -2.09. The Balaban J connectivity index is 2.67. The predicted molar refractivity (Wildman–Crippen MR) is 93.1 cm³/mol. The quantitative estimate of drug-likeness (QED) is 0.529. The summed E-state index contributed by atoms with van der Waals surface area (Å²) in [5.74, 6) is 0. The van der Waals surface area contributed by atoms with Crippen molar-refractivity contribution in [3.8, 4) is 0 Å². The van der Waals surface area contributed by atoms with Crippen LogP contribution in [0.2, 0.25) is 0 Å². The maximum absolute atomic E-state index is 5.57. The van der Waals surface area contributed by atoms with Crippen LogP contribution in [-0.4, -0.2) is 10.3 Å². The highest BCUT2D eigenvalue weighted by Crippen LogP contribution is 2.19. The minimum atomic E-state index is 0.781. The van der Waals surface area contributed by atoms with Crippen LogP contribution in [0.5, 0.6) is 0 Å². The SMILES string of the molecule is C=CN=C(C)/C(=C/CCCCCC(=C)N)c1cccn1C. The molecule has 0 aromatic carbocycles. The highest BCUT2D eigenvalue weighted by atomic mass is 14.9. The van der Waals surface area contributed by atoms with E-state index in [-0.39, 0.29) is 0 Å². The minimum absolute atomic E-state index is 0.781. The van der Waals surface area contributed by atoms with E-state index in [1.165, 1.54) is 17.7 Å². The van der Waals surface area contributed by atoms with Gasteiger partial charge in [-0.1, -0.05) is 25.7 Å². The van der Waals surface area contributed by atoms with Crippen LogP contribution in [-0.2, 0) is 7.05 Å². The number of unbranched alkanes of at least 4 members (excludes halogenated alkanes) is 3. The zero-order valence-corrected chi connectivity index (χ0v) is 13.3. The molecule has 1 aromatic rings. The maximum Gasteiger partial charge on any atom is 0.0492 e. The third-order valence-electron chi connectivity index (χ3n) is 3.44. The first-order valence-electron chi connectivity index (χ1n) is 7.47. The molecule has 0 aliphatic heterocycles. The van der Waals surface area contributed by atoms with Crippen LogP contribution in [0.15, 0.2) is 54.5 Å². The summed E-state index contributed by atoms with van der Waals surface area (Å²) in [4.78, 5) is 4.33. The lowest BCUT2D eigenvalue weighted by Crippen LogP contribution is -2.02. The largest absolute Gasteiger partial charge is 0.403 e. The normalized spacial score (nSPS) is 12.5. The number of nitrogens with zero attached hydrogens (tertiary/aromatic N) is 2. The van der Waals surface area contributed by atoms with Crippen molar-refractivity contribution in [3.05, 3.63) is 55.2 Å². The minimum Gasteiger partial charge on any atom is -0.403 e. The molecule has 0 aliphatic rings. The van der Waals surface area contributed by atoms with Crippen molar-refractivity contribution >= 4 is 11.3 Å². The molecule has 0 saturated heterocycles. The molecule has 0 spiro atoms. The number of aryl methyl sites for hydroxylation is 1. The van der Waals surface area contributed by atoms with Crippen LogP contribution in [0, 0.1) is 0 Å². The molecule has 0 bridgehead atoms. The summed E-state index contributed by atoms with van der Waals surface area (Å²) < 4.78 is 2.12. The Bertz CT molecular complexity index is 532. The smallest absolute Gasteiger partial charge is 0.0492 e. The van der Waals surface area contributed by atoms with Crippen molar-refractivity contribution in [2.45, 2.75) is 39.0 Å². The van der Waals surface area contributed by atoms with Crippen LogP contribution in [0.4, 0.5) is 0 Å². The molecule has 0 unspecified atom stereocenters. The van der Waals surface area contributed by atoms with E-state index in [1.807, 2.05) is 6.92 Å². The van der Waals surface area contributed by atoms with Crippen molar-refractivity contribution in [1.29, 1.82) is 0 Å². The molecule has 0 aliphatic carbocycles. The monoisotopic (exact) mass is 285 g/mol. The van der Waals surface area contributed by atoms with Gasteiger partial charge in [-0.2, -0.15) is 0 Å². The molecule has 3 heteroatoms. The summed E-state index contributed by atoms with van der Waals surface area (Å²) in [6.45, 7) is 9.44. The average molecular weight is 285 g/mol. The third-order valence-corrected chi connectivity index (χ3v) is 3.44. The zero-order chi connectivity index (χ0) is 15.7. The molecular formula is C18H27N3. The summed E-state index contributed by atoms with van der Waals surface area (Å²) in [6.07, 6.45) is 11.3. The molecule has 1 rings (SSSR count). The summed E-state index contributed by atoms with van der Waals surface area (Å²) in [7, 11) is 2.05.